The molecule has 0 radical (unpaired) electrons. The summed E-state index contributed by atoms with van der Waals surface area (Å²) >= 11 is 0. The van der Waals surface area contributed by atoms with Crippen LogP contribution < -0.4 is 11.1 Å². The van der Waals surface area contributed by atoms with Gasteiger partial charge in [-0.25, -0.2) is 0 Å². The average molecular weight is 211 g/mol. The number of carbonyl (C=O) groups is 1. The first-order chi connectivity index (χ1) is 6.98. The highest BCUT2D eigenvalue weighted by Crippen LogP contribution is 2.28. The minimum absolute atomic E-state index is 0.0266. The minimum atomic E-state index is -0.758. The van der Waals surface area contributed by atoms with Crippen LogP contribution >= 0.6 is 0 Å². The number of fused-ring (bicyclic) bond motifs is 1. The van der Waals surface area contributed by atoms with Crippen molar-refractivity contribution in [1.82, 2.24) is 10.2 Å². The standard InChI is InChI=1S/C11H21N3O/c1-11(2,12)10(15)13-8-5-7-14-6-3-4-9(8)14/h8-9H,3-7,12H2,1-2H3,(H,13,15). The monoisotopic (exact) mass is 211 g/mol. The highest BCUT2D eigenvalue weighted by Gasteiger charge is 2.39. The van der Waals surface area contributed by atoms with Crippen LogP contribution in [0, 0.1) is 0 Å². The molecular formula is C11H21N3O. The summed E-state index contributed by atoms with van der Waals surface area (Å²) < 4.78 is 0. The normalized spacial score (nSPS) is 31.7. The number of hydrogen-bond donors (Lipinski definition) is 2. The summed E-state index contributed by atoms with van der Waals surface area (Å²) in [5.41, 5.74) is 5.01. The Morgan fingerprint density at radius 1 is 1.40 bits per heavy atom. The fourth-order valence-corrected chi connectivity index (χ4v) is 2.61. The maximum absolute atomic E-state index is 11.8. The highest BCUT2D eigenvalue weighted by molar-refractivity contribution is 5.85. The van der Waals surface area contributed by atoms with Gasteiger partial charge in [0.25, 0.3) is 0 Å². The van der Waals surface area contributed by atoms with E-state index in [1.165, 1.54) is 19.4 Å². The number of carbonyl (C=O) groups excluding carboxylic acids is 1. The third-order valence-electron chi connectivity index (χ3n) is 3.51. The van der Waals surface area contributed by atoms with Gasteiger partial charge in [-0.15, -0.1) is 0 Å². The molecule has 2 fully saturated rings. The predicted molar refractivity (Wildman–Crippen MR) is 59.4 cm³/mol. The Labute approximate surface area is 91.2 Å². The molecule has 0 aromatic heterocycles. The number of nitrogens with one attached hydrogen (secondary N) is 1. The van der Waals surface area contributed by atoms with Crippen LogP contribution in [0.1, 0.15) is 33.1 Å². The first kappa shape index (κ1) is 10.9. The Morgan fingerprint density at radius 3 is 2.80 bits per heavy atom. The maximum atomic E-state index is 11.8. The Balaban J connectivity index is 1.93. The van der Waals surface area contributed by atoms with Gasteiger partial charge < -0.3 is 11.1 Å². The van der Waals surface area contributed by atoms with Crippen molar-refractivity contribution >= 4 is 5.91 Å². The van der Waals surface area contributed by atoms with Crippen molar-refractivity contribution in [2.75, 3.05) is 13.1 Å². The minimum Gasteiger partial charge on any atom is -0.350 e. The Hall–Kier alpha value is -0.610. The zero-order valence-electron chi connectivity index (χ0n) is 9.62. The van der Waals surface area contributed by atoms with Crippen molar-refractivity contribution in [3.8, 4) is 0 Å². The molecule has 2 atom stereocenters. The van der Waals surface area contributed by atoms with Gasteiger partial charge in [-0.2, -0.15) is 0 Å². The van der Waals surface area contributed by atoms with Gasteiger partial charge in [0.05, 0.1) is 5.54 Å². The maximum Gasteiger partial charge on any atom is 0.239 e. The van der Waals surface area contributed by atoms with Crippen molar-refractivity contribution < 1.29 is 4.79 Å². The topological polar surface area (TPSA) is 58.4 Å². The van der Waals surface area contributed by atoms with Crippen LogP contribution in [0.25, 0.3) is 0 Å². The van der Waals surface area contributed by atoms with E-state index in [0.717, 1.165) is 13.0 Å². The fourth-order valence-electron chi connectivity index (χ4n) is 2.61. The second kappa shape index (κ2) is 3.76. The van der Waals surface area contributed by atoms with Gasteiger partial charge in [-0.1, -0.05) is 0 Å². The Kier molecular flexibility index (Phi) is 2.73. The summed E-state index contributed by atoms with van der Waals surface area (Å²) in [7, 11) is 0. The van der Waals surface area contributed by atoms with Crippen molar-refractivity contribution in [3.63, 3.8) is 0 Å². The van der Waals surface area contributed by atoms with E-state index in [1.54, 1.807) is 13.8 Å². The van der Waals surface area contributed by atoms with E-state index in [2.05, 4.69) is 10.2 Å². The molecule has 1 amide bonds. The highest BCUT2D eigenvalue weighted by atomic mass is 16.2. The van der Waals surface area contributed by atoms with Gasteiger partial charge >= 0.3 is 0 Å². The lowest BCUT2D eigenvalue weighted by Crippen LogP contribution is -2.54. The summed E-state index contributed by atoms with van der Waals surface area (Å²) in [6.07, 6.45) is 3.56. The zero-order valence-corrected chi connectivity index (χ0v) is 9.62. The molecule has 15 heavy (non-hydrogen) atoms. The molecule has 4 nitrogen and oxygen atoms in total. The molecule has 2 saturated heterocycles. The van der Waals surface area contributed by atoms with Crippen LogP contribution in [0.3, 0.4) is 0 Å². The lowest BCUT2D eigenvalue weighted by Gasteiger charge is -2.25. The molecule has 2 rings (SSSR count). The van der Waals surface area contributed by atoms with Crippen LogP contribution in [-0.4, -0.2) is 41.5 Å². The van der Waals surface area contributed by atoms with E-state index in [1.807, 2.05) is 0 Å². The van der Waals surface area contributed by atoms with E-state index in [4.69, 9.17) is 5.73 Å². The molecule has 0 aromatic carbocycles. The third kappa shape index (κ3) is 2.16. The molecule has 2 unspecified atom stereocenters. The van der Waals surface area contributed by atoms with E-state index >= 15 is 0 Å². The molecule has 0 saturated carbocycles. The van der Waals surface area contributed by atoms with Crippen molar-refractivity contribution in [3.05, 3.63) is 0 Å². The van der Waals surface area contributed by atoms with Gasteiger partial charge in [-0.3, -0.25) is 9.69 Å². The molecule has 2 aliphatic rings. The Bertz CT molecular complexity index is 259. The zero-order chi connectivity index (χ0) is 11.1. The lowest BCUT2D eigenvalue weighted by atomic mass is 10.0. The molecule has 0 aliphatic carbocycles. The van der Waals surface area contributed by atoms with Crippen molar-refractivity contribution in [1.29, 1.82) is 0 Å². The average Bonchev–Trinajstić information content (AvgIpc) is 2.67. The van der Waals surface area contributed by atoms with Gasteiger partial charge in [0, 0.05) is 18.6 Å². The number of amides is 1. The molecule has 4 heteroatoms. The van der Waals surface area contributed by atoms with Gasteiger partial charge in [0.2, 0.25) is 5.91 Å². The molecule has 2 aliphatic heterocycles. The quantitative estimate of drug-likeness (QED) is 0.680. The summed E-state index contributed by atoms with van der Waals surface area (Å²) in [5, 5.41) is 3.08. The molecule has 0 spiro atoms. The van der Waals surface area contributed by atoms with E-state index in [9.17, 15) is 4.79 Å². The number of rotatable bonds is 2. The largest absolute Gasteiger partial charge is 0.350 e. The number of hydrogen-bond acceptors (Lipinski definition) is 3. The van der Waals surface area contributed by atoms with Gasteiger partial charge in [0.15, 0.2) is 0 Å². The van der Waals surface area contributed by atoms with E-state index in [0.29, 0.717) is 12.1 Å². The number of nitrogens with zero attached hydrogens (tertiary/aromatic N) is 1. The second-order valence-corrected chi connectivity index (χ2v) is 5.34. The summed E-state index contributed by atoms with van der Waals surface area (Å²) in [6, 6.07) is 0.888. The molecule has 86 valence electrons. The molecule has 0 bridgehead atoms. The molecule has 0 aromatic rings. The first-order valence-electron chi connectivity index (χ1n) is 5.82. The Morgan fingerprint density at radius 2 is 2.13 bits per heavy atom. The van der Waals surface area contributed by atoms with Crippen LogP contribution in [0.5, 0.6) is 0 Å². The van der Waals surface area contributed by atoms with Gasteiger partial charge in [0.1, 0.15) is 0 Å². The van der Waals surface area contributed by atoms with Crippen molar-refractivity contribution in [2.45, 2.75) is 50.7 Å². The summed E-state index contributed by atoms with van der Waals surface area (Å²) in [6.45, 7) is 5.83. The van der Waals surface area contributed by atoms with Crippen LogP contribution in [0.15, 0.2) is 0 Å². The lowest BCUT2D eigenvalue weighted by molar-refractivity contribution is -0.126. The summed E-state index contributed by atoms with van der Waals surface area (Å²) in [4.78, 5) is 14.2. The van der Waals surface area contributed by atoms with E-state index < -0.39 is 5.54 Å². The van der Waals surface area contributed by atoms with Crippen molar-refractivity contribution in [2.24, 2.45) is 5.73 Å². The van der Waals surface area contributed by atoms with Crippen LogP contribution in [-0.2, 0) is 4.79 Å². The van der Waals surface area contributed by atoms with Crippen LogP contribution in [0.4, 0.5) is 0 Å². The fraction of sp³-hybridized carbons (Fsp3) is 0.909. The molecular weight excluding hydrogens is 190 g/mol. The third-order valence-corrected chi connectivity index (χ3v) is 3.51. The SMILES string of the molecule is CC(C)(N)C(=O)NC1CCN2CCCC12. The van der Waals surface area contributed by atoms with Gasteiger partial charge in [-0.05, 0) is 39.7 Å². The molecule has 3 N–H and O–H groups in total. The summed E-state index contributed by atoms with van der Waals surface area (Å²) in [5.74, 6) is -0.0266. The number of nitrogens with two attached hydrogens (primary N) is 1. The first-order valence-corrected chi connectivity index (χ1v) is 5.82. The smallest absolute Gasteiger partial charge is 0.239 e. The van der Waals surface area contributed by atoms with Crippen LogP contribution in [0.2, 0.25) is 0 Å². The van der Waals surface area contributed by atoms with E-state index in [-0.39, 0.29) is 5.91 Å². The molecule has 2 heterocycles. The predicted octanol–water partition coefficient (Wildman–Crippen LogP) is 0.0766. The second-order valence-electron chi connectivity index (χ2n) is 5.34.